The number of aromatic nitrogens is 4. The molecule has 1 amide bonds. The van der Waals surface area contributed by atoms with E-state index in [1.165, 1.54) is 12.4 Å². The molecule has 2 aliphatic heterocycles. The fourth-order valence-corrected chi connectivity index (χ4v) is 4.30. The molecule has 13 heteroatoms. The number of aryl methyl sites for hydroxylation is 1. The highest BCUT2D eigenvalue weighted by Crippen LogP contribution is 2.37. The molecule has 1 saturated heterocycles. The standard InChI is InChI=1S/C24H29N7O4.27CH4.2ClH/c1-16-26-14-17(15-27-16)23(32)29-24-28-20-18(22-25-6-8-31(22)24)4-5-19(21(20)33-2)35-11-3-7-30-9-12-34-13-10-30;;;;;;;;;;;;;;;;;;;;;;;;;;;;;/h4-5,14-15,25H,3,6-13H2,1-2H3;27*1H4;2*1H. The number of ether oxygens (including phenoxy) is 3. The SMILES string of the molecule is C.C.C.C.C.C.C.C.C.C.C.C.C.C.C.C.C.C.C.C.C.C.C.C.C.C.C.COc1c(OCCCN2CCOCC2)ccc2c3n(c(=NC(=O)c4cnc(C)nc4)nc12)CCN3.Cl.Cl. The number of hydrogen-bond donors (Lipinski definition) is 1. The number of amides is 1. The van der Waals surface area contributed by atoms with Gasteiger partial charge in [-0.15, -0.1) is 24.8 Å². The molecule has 416 valence electrons. The first-order valence-electron chi connectivity index (χ1n) is 11.8. The van der Waals surface area contributed by atoms with Crippen molar-refractivity contribution in [3.63, 3.8) is 0 Å². The van der Waals surface area contributed by atoms with Crippen molar-refractivity contribution in [3.05, 3.63) is 41.5 Å². The van der Waals surface area contributed by atoms with Crippen molar-refractivity contribution >= 4 is 47.4 Å². The van der Waals surface area contributed by atoms with Crippen LogP contribution >= 0.6 is 24.8 Å². The van der Waals surface area contributed by atoms with E-state index in [0.29, 0.717) is 53.7 Å². The van der Waals surface area contributed by atoms with Crippen LogP contribution in [0, 0.1) is 6.92 Å². The number of anilines is 1. The van der Waals surface area contributed by atoms with Crippen LogP contribution in [0.1, 0.15) is 223 Å². The normalized spacial score (nSPS) is 8.88. The second-order valence-corrected chi connectivity index (χ2v) is 8.42. The summed E-state index contributed by atoms with van der Waals surface area (Å²) in [6, 6.07) is 3.87. The summed E-state index contributed by atoms with van der Waals surface area (Å²) >= 11 is 0. The average molecular weight is 986 g/mol. The van der Waals surface area contributed by atoms with E-state index >= 15 is 0 Å². The Bertz CT molecular complexity index is 1310. The first-order valence-corrected chi connectivity index (χ1v) is 11.8. The Kier molecular flexibility index (Phi) is 213. The van der Waals surface area contributed by atoms with Crippen molar-refractivity contribution in [2.75, 3.05) is 58.4 Å². The Hall–Kier alpha value is -2.99. The van der Waals surface area contributed by atoms with Crippen molar-refractivity contribution in [2.24, 2.45) is 4.99 Å². The molecule has 1 N–H and O–H groups in total. The lowest BCUT2D eigenvalue weighted by Crippen LogP contribution is -2.37. The summed E-state index contributed by atoms with van der Waals surface area (Å²) in [6.07, 6.45) is 3.84. The summed E-state index contributed by atoms with van der Waals surface area (Å²) in [4.78, 5) is 32.4. The molecular weight excluding hydrogens is 846 g/mol. The number of hydrogen-bond acceptors (Lipinski definition) is 9. The number of fused-ring (bicyclic) bond motifs is 3. The Morgan fingerprint density at radius 1 is 0.688 bits per heavy atom. The molecule has 1 fully saturated rings. The molecule has 0 aliphatic carbocycles. The lowest BCUT2D eigenvalue weighted by atomic mass is 10.2. The molecule has 0 unspecified atom stereocenters. The van der Waals surface area contributed by atoms with Crippen molar-refractivity contribution in [3.8, 4) is 11.5 Å². The highest BCUT2D eigenvalue weighted by Gasteiger charge is 2.21. The lowest BCUT2D eigenvalue weighted by molar-refractivity contribution is 0.0357. The molecule has 2 aromatic heterocycles. The summed E-state index contributed by atoms with van der Waals surface area (Å²) in [6.45, 7) is 8.13. The second kappa shape index (κ2) is 80.3. The van der Waals surface area contributed by atoms with Gasteiger partial charge >= 0.3 is 0 Å². The first kappa shape index (κ1) is 169. The summed E-state index contributed by atoms with van der Waals surface area (Å²) in [7, 11) is 1.59. The number of nitrogens with one attached hydrogen (secondary N) is 1. The molecule has 0 saturated carbocycles. The van der Waals surface area contributed by atoms with Crippen LogP contribution in [0.4, 0.5) is 5.82 Å². The number of nitrogens with zero attached hydrogens (tertiary/aromatic N) is 6. The van der Waals surface area contributed by atoms with Gasteiger partial charge in [0.25, 0.3) is 5.91 Å². The van der Waals surface area contributed by atoms with Gasteiger partial charge in [-0.1, -0.05) is 201 Å². The zero-order chi connectivity index (χ0) is 24.2. The van der Waals surface area contributed by atoms with Crippen LogP contribution in [0.2, 0.25) is 0 Å². The quantitative estimate of drug-likeness (QED) is 0.231. The Balaban J connectivity index is -0.0000000228. The van der Waals surface area contributed by atoms with Crippen LogP contribution < -0.4 is 20.4 Å². The van der Waals surface area contributed by atoms with E-state index < -0.39 is 5.91 Å². The van der Waals surface area contributed by atoms with Crippen molar-refractivity contribution < 1.29 is 19.0 Å². The minimum Gasteiger partial charge on any atom is -0.491 e. The third kappa shape index (κ3) is 39.4. The Labute approximate surface area is 426 Å². The van der Waals surface area contributed by atoms with Gasteiger partial charge in [-0.3, -0.25) is 14.3 Å². The van der Waals surface area contributed by atoms with Crippen LogP contribution in [-0.4, -0.2) is 83.4 Å². The first-order chi connectivity index (χ1) is 17.1. The van der Waals surface area contributed by atoms with E-state index in [1.807, 2.05) is 16.7 Å². The smallest absolute Gasteiger partial charge is 0.283 e. The van der Waals surface area contributed by atoms with Crippen LogP contribution in [-0.2, 0) is 11.3 Å². The van der Waals surface area contributed by atoms with E-state index in [4.69, 9.17) is 19.2 Å². The summed E-state index contributed by atoms with van der Waals surface area (Å²) < 4.78 is 19.1. The van der Waals surface area contributed by atoms with Crippen LogP contribution in [0.5, 0.6) is 11.5 Å². The van der Waals surface area contributed by atoms with Crippen molar-refractivity contribution in [1.29, 1.82) is 0 Å². The lowest BCUT2D eigenvalue weighted by Gasteiger charge is -2.26. The van der Waals surface area contributed by atoms with Crippen molar-refractivity contribution in [1.82, 2.24) is 24.4 Å². The molecule has 11 nitrogen and oxygen atoms in total. The largest absolute Gasteiger partial charge is 0.491 e. The maximum Gasteiger partial charge on any atom is 0.283 e. The molecule has 64 heavy (non-hydrogen) atoms. The van der Waals surface area contributed by atoms with E-state index in [0.717, 1.165) is 50.5 Å². The van der Waals surface area contributed by atoms with E-state index in [-0.39, 0.29) is 225 Å². The summed E-state index contributed by atoms with van der Waals surface area (Å²) in [5.74, 6) is 2.12. The molecule has 0 spiro atoms. The van der Waals surface area contributed by atoms with Crippen LogP contribution in [0.25, 0.3) is 10.9 Å². The molecule has 0 bridgehead atoms. The van der Waals surface area contributed by atoms with Crippen LogP contribution in [0.15, 0.2) is 29.5 Å². The number of carbonyl (C=O) groups excluding carboxylic acids is 1. The number of benzene rings is 1. The topological polar surface area (TPSA) is 116 Å². The van der Waals surface area contributed by atoms with Gasteiger partial charge in [-0.05, 0) is 25.5 Å². The molecular formula is C51H139Cl2N7O4. The second-order valence-electron chi connectivity index (χ2n) is 8.42. The number of methoxy groups -OCH3 is 1. The molecule has 1 aromatic carbocycles. The highest BCUT2D eigenvalue weighted by atomic mass is 35.5. The van der Waals surface area contributed by atoms with E-state index in [1.54, 1.807) is 14.0 Å². The number of rotatable bonds is 7. The van der Waals surface area contributed by atoms with Gasteiger partial charge in [0.2, 0.25) is 5.62 Å². The number of carbonyl (C=O) groups is 1. The molecule has 5 rings (SSSR count). The van der Waals surface area contributed by atoms with Gasteiger partial charge in [-0.25, -0.2) is 15.0 Å². The van der Waals surface area contributed by atoms with Crippen LogP contribution in [0.3, 0.4) is 0 Å². The summed E-state index contributed by atoms with van der Waals surface area (Å²) in [5.41, 5.74) is 1.19. The third-order valence-corrected chi connectivity index (χ3v) is 6.11. The maximum atomic E-state index is 12.8. The fraction of sp³-hybridized carbons (Fsp3) is 0.745. The molecule has 0 radical (unpaired) electrons. The van der Waals surface area contributed by atoms with Gasteiger partial charge < -0.3 is 19.5 Å². The van der Waals surface area contributed by atoms with Gasteiger partial charge in [-0.2, -0.15) is 4.99 Å². The fourth-order valence-electron chi connectivity index (χ4n) is 4.30. The minimum atomic E-state index is -0.451. The maximum absolute atomic E-state index is 12.8. The van der Waals surface area contributed by atoms with Gasteiger partial charge in [0, 0.05) is 50.5 Å². The van der Waals surface area contributed by atoms with Gasteiger partial charge in [0.05, 0.1) is 32.5 Å². The minimum absolute atomic E-state index is 0. The van der Waals surface area contributed by atoms with Gasteiger partial charge in [0.15, 0.2) is 11.5 Å². The molecule has 4 heterocycles. The predicted octanol–water partition coefficient (Wildman–Crippen LogP) is 19.4. The third-order valence-electron chi connectivity index (χ3n) is 6.11. The predicted molar refractivity (Wildman–Crippen MR) is 325 cm³/mol. The van der Waals surface area contributed by atoms with Crippen molar-refractivity contribution in [2.45, 2.75) is 220 Å². The average Bonchev–Trinajstić information content (AvgIpc) is 3.38. The zero-order valence-electron chi connectivity index (χ0n) is 20.8. The molecule has 3 aromatic rings. The zero-order valence-corrected chi connectivity index (χ0v) is 22.4. The van der Waals surface area contributed by atoms with E-state index in [9.17, 15) is 4.79 Å². The Morgan fingerprint density at radius 2 is 1.12 bits per heavy atom. The Morgan fingerprint density at radius 3 is 1.55 bits per heavy atom. The van der Waals surface area contributed by atoms with Gasteiger partial charge in [0.1, 0.15) is 17.2 Å². The highest BCUT2D eigenvalue weighted by molar-refractivity contribution is 5.96. The monoisotopic (exact) mass is 984 g/mol. The van der Waals surface area contributed by atoms with E-state index in [2.05, 4.69) is 25.2 Å². The molecule has 2 aliphatic rings. The summed E-state index contributed by atoms with van der Waals surface area (Å²) in [5, 5.41) is 4.26. The number of halogens is 2. The number of morpholine rings is 1. The molecule has 0 atom stereocenters.